The van der Waals surface area contributed by atoms with E-state index in [2.05, 4.69) is 10.2 Å². The first-order valence-corrected chi connectivity index (χ1v) is 9.63. The number of aliphatic hydroxyl groups excluding tert-OH is 1. The van der Waals surface area contributed by atoms with E-state index in [-0.39, 0.29) is 18.3 Å². The summed E-state index contributed by atoms with van der Waals surface area (Å²) in [5, 5.41) is 12.2. The monoisotopic (exact) mass is 370 g/mol. The summed E-state index contributed by atoms with van der Waals surface area (Å²) in [6.07, 6.45) is 3.13. The molecule has 0 aliphatic carbocycles. The Kier molecular flexibility index (Phi) is 6.96. The Balaban J connectivity index is 1.44. The van der Waals surface area contributed by atoms with Gasteiger partial charge >= 0.3 is 0 Å². The van der Waals surface area contributed by atoms with E-state index in [1.165, 1.54) is 12.1 Å². The first-order chi connectivity index (χ1) is 13.2. The number of hydrogen-bond donors (Lipinski definition) is 2. The van der Waals surface area contributed by atoms with Gasteiger partial charge < -0.3 is 15.3 Å². The molecule has 1 heterocycles. The third-order valence-corrected chi connectivity index (χ3v) is 5.10. The molecule has 1 aliphatic heterocycles. The second-order valence-corrected chi connectivity index (χ2v) is 7.19. The Morgan fingerprint density at radius 3 is 2.74 bits per heavy atom. The normalized spacial score (nSPS) is 17.6. The van der Waals surface area contributed by atoms with Gasteiger partial charge in [0, 0.05) is 25.3 Å². The fourth-order valence-electron chi connectivity index (χ4n) is 3.59. The second kappa shape index (κ2) is 9.62. The topological polar surface area (TPSA) is 52.6 Å². The number of aliphatic hydroxyl groups is 1. The van der Waals surface area contributed by atoms with E-state index in [4.69, 9.17) is 0 Å². The maximum absolute atomic E-state index is 13.3. The second-order valence-electron chi connectivity index (χ2n) is 7.19. The van der Waals surface area contributed by atoms with Gasteiger partial charge in [0.15, 0.2) is 0 Å². The van der Waals surface area contributed by atoms with Crippen LogP contribution >= 0.6 is 0 Å². The molecule has 2 aromatic rings. The highest BCUT2D eigenvalue weighted by atomic mass is 19.1. The number of hydrogen-bond acceptors (Lipinski definition) is 3. The highest BCUT2D eigenvalue weighted by Crippen LogP contribution is 2.20. The van der Waals surface area contributed by atoms with Gasteiger partial charge in [0.1, 0.15) is 5.82 Å². The number of carbonyl (C=O) groups excluding carboxylic acids is 1. The number of benzene rings is 2. The van der Waals surface area contributed by atoms with Gasteiger partial charge in [-0.25, -0.2) is 4.39 Å². The lowest BCUT2D eigenvalue weighted by atomic mass is 9.99. The van der Waals surface area contributed by atoms with Crippen LogP contribution in [0.1, 0.15) is 29.6 Å². The van der Waals surface area contributed by atoms with Crippen molar-refractivity contribution in [3.05, 3.63) is 59.9 Å². The molecule has 1 amide bonds. The number of piperidine rings is 1. The lowest BCUT2D eigenvalue weighted by molar-refractivity contribution is 0.0946. The first-order valence-electron chi connectivity index (χ1n) is 9.63. The summed E-state index contributed by atoms with van der Waals surface area (Å²) >= 11 is 0. The maximum Gasteiger partial charge on any atom is 0.251 e. The van der Waals surface area contributed by atoms with Gasteiger partial charge in [-0.1, -0.05) is 24.3 Å². The van der Waals surface area contributed by atoms with Crippen molar-refractivity contribution in [2.24, 2.45) is 5.92 Å². The Morgan fingerprint density at radius 2 is 2.00 bits per heavy atom. The summed E-state index contributed by atoms with van der Waals surface area (Å²) in [5.41, 5.74) is 2.28. The SMILES string of the molecule is O=C(NCCCN1CCC[C@H](CO)C1)c1ccc(-c2cccc(F)c2)cc1. The molecule has 0 unspecified atom stereocenters. The molecular weight excluding hydrogens is 343 g/mol. The van der Waals surface area contributed by atoms with Crippen LogP contribution in [0.2, 0.25) is 0 Å². The van der Waals surface area contributed by atoms with Crippen LogP contribution < -0.4 is 5.32 Å². The van der Waals surface area contributed by atoms with Crippen molar-refractivity contribution in [1.82, 2.24) is 10.2 Å². The minimum Gasteiger partial charge on any atom is -0.396 e. The first kappa shape index (κ1) is 19.5. The molecule has 27 heavy (non-hydrogen) atoms. The maximum atomic E-state index is 13.3. The highest BCUT2D eigenvalue weighted by Gasteiger charge is 2.18. The molecule has 1 aliphatic rings. The highest BCUT2D eigenvalue weighted by molar-refractivity contribution is 5.94. The molecule has 0 aromatic heterocycles. The van der Waals surface area contributed by atoms with Crippen molar-refractivity contribution in [2.45, 2.75) is 19.3 Å². The van der Waals surface area contributed by atoms with Crippen LogP contribution in [0.5, 0.6) is 0 Å². The molecule has 144 valence electrons. The molecular formula is C22H27FN2O2. The van der Waals surface area contributed by atoms with Crippen molar-refractivity contribution >= 4 is 5.91 Å². The summed E-state index contributed by atoms with van der Waals surface area (Å²) in [6.45, 7) is 3.86. The number of likely N-dealkylation sites (tertiary alicyclic amines) is 1. The molecule has 2 aromatic carbocycles. The van der Waals surface area contributed by atoms with Gasteiger partial charge in [-0.2, -0.15) is 0 Å². The lowest BCUT2D eigenvalue weighted by Crippen LogP contribution is -2.38. The quantitative estimate of drug-likeness (QED) is 0.735. The largest absolute Gasteiger partial charge is 0.396 e. The van der Waals surface area contributed by atoms with E-state index in [9.17, 15) is 14.3 Å². The Hall–Kier alpha value is -2.24. The third kappa shape index (κ3) is 5.62. The Labute approximate surface area is 160 Å². The van der Waals surface area contributed by atoms with Crippen LogP contribution in [0.4, 0.5) is 4.39 Å². The number of carbonyl (C=O) groups is 1. The van der Waals surface area contributed by atoms with E-state index in [1.54, 1.807) is 18.2 Å². The summed E-state index contributed by atoms with van der Waals surface area (Å²) in [4.78, 5) is 14.6. The van der Waals surface area contributed by atoms with Crippen LogP contribution in [0.3, 0.4) is 0 Å². The van der Waals surface area contributed by atoms with E-state index in [1.807, 2.05) is 18.2 Å². The van der Waals surface area contributed by atoms with Crippen molar-refractivity contribution in [2.75, 3.05) is 32.8 Å². The number of nitrogens with zero attached hydrogens (tertiary/aromatic N) is 1. The zero-order valence-corrected chi connectivity index (χ0v) is 15.5. The minimum atomic E-state index is -0.270. The fraction of sp³-hybridized carbons (Fsp3) is 0.409. The summed E-state index contributed by atoms with van der Waals surface area (Å²) in [6, 6.07) is 13.6. The van der Waals surface area contributed by atoms with Gasteiger partial charge in [-0.3, -0.25) is 4.79 Å². The Bertz CT molecular complexity index is 748. The average molecular weight is 370 g/mol. The van der Waals surface area contributed by atoms with Crippen molar-refractivity contribution < 1.29 is 14.3 Å². The molecule has 2 N–H and O–H groups in total. The number of amides is 1. The van der Waals surface area contributed by atoms with Gasteiger partial charge in [-0.15, -0.1) is 0 Å². The average Bonchev–Trinajstić information content (AvgIpc) is 2.71. The van der Waals surface area contributed by atoms with E-state index in [0.29, 0.717) is 18.0 Å². The van der Waals surface area contributed by atoms with Crippen LogP contribution in [0, 0.1) is 11.7 Å². The van der Waals surface area contributed by atoms with Crippen molar-refractivity contribution in [3.63, 3.8) is 0 Å². The van der Waals surface area contributed by atoms with Crippen LogP contribution in [-0.2, 0) is 0 Å². The standard InChI is InChI=1S/C22H27FN2O2/c23-21-6-1-5-20(14-21)18-7-9-19(10-8-18)22(27)24-11-3-13-25-12-2-4-17(15-25)16-26/h1,5-10,14,17,26H,2-4,11-13,15-16H2,(H,24,27)/t17-/m0/s1. The molecule has 1 fully saturated rings. The zero-order chi connectivity index (χ0) is 19.1. The molecule has 1 saturated heterocycles. The summed E-state index contributed by atoms with van der Waals surface area (Å²) < 4.78 is 13.3. The van der Waals surface area contributed by atoms with E-state index < -0.39 is 0 Å². The molecule has 4 nitrogen and oxygen atoms in total. The zero-order valence-electron chi connectivity index (χ0n) is 15.5. The minimum absolute atomic E-state index is 0.0901. The molecule has 0 radical (unpaired) electrons. The smallest absolute Gasteiger partial charge is 0.251 e. The fourth-order valence-corrected chi connectivity index (χ4v) is 3.59. The number of halogens is 1. The van der Waals surface area contributed by atoms with Gasteiger partial charge in [-0.05, 0) is 73.7 Å². The molecule has 0 saturated carbocycles. The van der Waals surface area contributed by atoms with Gasteiger partial charge in [0.2, 0.25) is 0 Å². The summed E-state index contributed by atoms with van der Waals surface area (Å²) in [7, 11) is 0. The van der Waals surface area contributed by atoms with Crippen molar-refractivity contribution in [3.8, 4) is 11.1 Å². The molecule has 3 rings (SSSR count). The lowest BCUT2D eigenvalue weighted by Gasteiger charge is -2.31. The summed E-state index contributed by atoms with van der Waals surface area (Å²) in [5.74, 6) is 0.0333. The van der Waals surface area contributed by atoms with Gasteiger partial charge in [0.25, 0.3) is 5.91 Å². The third-order valence-electron chi connectivity index (χ3n) is 5.10. The van der Waals surface area contributed by atoms with E-state index in [0.717, 1.165) is 50.0 Å². The number of rotatable bonds is 7. The molecule has 5 heteroatoms. The van der Waals surface area contributed by atoms with Gasteiger partial charge in [0.05, 0.1) is 0 Å². The van der Waals surface area contributed by atoms with Crippen LogP contribution in [0.25, 0.3) is 11.1 Å². The molecule has 0 bridgehead atoms. The molecule has 0 spiro atoms. The molecule has 1 atom stereocenters. The predicted octanol–water partition coefficient (Wildman–Crippen LogP) is 3.32. The van der Waals surface area contributed by atoms with Crippen LogP contribution in [0.15, 0.2) is 48.5 Å². The predicted molar refractivity (Wildman–Crippen MR) is 105 cm³/mol. The number of nitrogens with one attached hydrogen (secondary N) is 1. The van der Waals surface area contributed by atoms with Crippen LogP contribution in [-0.4, -0.2) is 48.7 Å². The Morgan fingerprint density at radius 1 is 1.19 bits per heavy atom. The van der Waals surface area contributed by atoms with E-state index >= 15 is 0 Å². The van der Waals surface area contributed by atoms with Crippen molar-refractivity contribution in [1.29, 1.82) is 0 Å².